The van der Waals surface area contributed by atoms with Crippen molar-refractivity contribution in [2.45, 2.75) is 33.0 Å². The van der Waals surface area contributed by atoms with Gasteiger partial charge < -0.3 is 9.88 Å². The maximum Gasteiger partial charge on any atom is 0.0525 e. The van der Waals surface area contributed by atoms with E-state index < -0.39 is 0 Å². The molecule has 2 aromatic rings. The monoisotopic (exact) mass is 232 g/mol. The molecule has 0 amide bonds. The van der Waals surface area contributed by atoms with Crippen LogP contribution in [0.2, 0.25) is 0 Å². The molecule has 17 heavy (non-hydrogen) atoms. The number of rotatable bonds is 5. The lowest BCUT2D eigenvalue weighted by molar-refractivity contribution is 0.493. The number of hydrogen-bond donors (Lipinski definition) is 1. The molecule has 92 valence electrons. The van der Waals surface area contributed by atoms with Crippen molar-refractivity contribution in [3.8, 4) is 0 Å². The first kappa shape index (κ1) is 11.9. The lowest BCUT2D eigenvalue weighted by atomic mass is 10.3. The van der Waals surface area contributed by atoms with E-state index in [9.17, 15) is 0 Å². The Morgan fingerprint density at radius 2 is 2.00 bits per heavy atom. The van der Waals surface area contributed by atoms with Crippen molar-refractivity contribution in [3.63, 3.8) is 0 Å². The molecule has 0 saturated heterocycles. The van der Waals surface area contributed by atoms with Crippen LogP contribution in [0, 0.1) is 0 Å². The molecule has 0 bridgehead atoms. The van der Waals surface area contributed by atoms with Crippen LogP contribution in [0.3, 0.4) is 0 Å². The summed E-state index contributed by atoms with van der Waals surface area (Å²) in [5, 5.41) is 7.76. The number of nitrogens with zero attached hydrogens (tertiary/aromatic N) is 3. The van der Waals surface area contributed by atoms with Gasteiger partial charge in [0.15, 0.2) is 0 Å². The van der Waals surface area contributed by atoms with E-state index in [-0.39, 0.29) is 0 Å². The van der Waals surface area contributed by atoms with Crippen molar-refractivity contribution in [1.82, 2.24) is 19.7 Å². The molecule has 0 aliphatic heterocycles. The molecule has 4 heteroatoms. The van der Waals surface area contributed by atoms with Crippen molar-refractivity contribution in [3.05, 3.63) is 42.0 Å². The fourth-order valence-corrected chi connectivity index (χ4v) is 1.95. The maximum absolute atomic E-state index is 4.32. The van der Waals surface area contributed by atoms with Crippen LogP contribution in [0.5, 0.6) is 0 Å². The molecule has 0 saturated carbocycles. The Labute approximate surface area is 102 Å². The standard InChI is InChI=1S/C13H20N4/c1-11(2)17-13(6-7-15-17)10-14-9-12-5-4-8-16(12)3/h4-8,11,14H,9-10H2,1-3H3. The first-order chi connectivity index (χ1) is 8.18. The predicted molar refractivity (Wildman–Crippen MR) is 68.6 cm³/mol. The molecule has 4 nitrogen and oxygen atoms in total. The highest BCUT2D eigenvalue weighted by molar-refractivity contribution is 5.07. The van der Waals surface area contributed by atoms with Crippen LogP contribution in [-0.4, -0.2) is 14.3 Å². The van der Waals surface area contributed by atoms with Gasteiger partial charge in [0.25, 0.3) is 0 Å². The van der Waals surface area contributed by atoms with E-state index in [4.69, 9.17) is 0 Å². The van der Waals surface area contributed by atoms with Gasteiger partial charge in [-0.15, -0.1) is 0 Å². The fraction of sp³-hybridized carbons (Fsp3) is 0.462. The zero-order chi connectivity index (χ0) is 12.3. The van der Waals surface area contributed by atoms with Crippen LogP contribution in [0.1, 0.15) is 31.3 Å². The number of nitrogens with one attached hydrogen (secondary N) is 1. The van der Waals surface area contributed by atoms with E-state index in [1.807, 2.05) is 6.20 Å². The molecular weight excluding hydrogens is 212 g/mol. The molecule has 0 aliphatic rings. The Kier molecular flexibility index (Phi) is 3.64. The third kappa shape index (κ3) is 2.77. The van der Waals surface area contributed by atoms with Crippen molar-refractivity contribution < 1.29 is 0 Å². The summed E-state index contributed by atoms with van der Waals surface area (Å²) < 4.78 is 4.19. The summed E-state index contributed by atoms with van der Waals surface area (Å²) in [7, 11) is 2.06. The molecule has 1 N–H and O–H groups in total. The average molecular weight is 232 g/mol. The molecule has 0 radical (unpaired) electrons. The number of aromatic nitrogens is 3. The Hall–Kier alpha value is -1.55. The summed E-state index contributed by atoms with van der Waals surface area (Å²) in [6.45, 7) is 6.03. The van der Waals surface area contributed by atoms with Crippen LogP contribution in [-0.2, 0) is 20.1 Å². The van der Waals surface area contributed by atoms with Gasteiger partial charge in [-0.1, -0.05) is 0 Å². The van der Waals surface area contributed by atoms with Gasteiger partial charge in [-0.3, -0.25) is 4.68 Å². The minimum absolute atomic E-state index is 0.414. The summed E-state index contributed by atoms with van der Waals surface area (Å²) in [5.74, 6) is 0. The third-order valence-electron chi connectivity index (χ3n) is 2.90. The molecule has 2 aromatic heterocycles. The van der Waals surface area contributed by atoms with Gasteiger partial charge in [0.1, 0.15) is 0 Å². The minimum Gasteiger partial charge on any atom is -0.353 e. The van der Waals surface area contributed by atoms with Crippen LogP contribution in [0.25, 0.3) is 0 Å². The molecule has 0 unspecified atom stereocenters. The molecule has 0 spiro atoms. The lowest BCUT2D eigenvalue weighted by Gasteiger charge is -2.11. The van der Waals surface area contributed by atoms with Gasteiger partial charge in [-0.2, -0.15) is 5.10 Å². The van der Waals surface area contributed by atoms with Gasteiger partial charge >= 0.3 is 0 Å². The Balaban J connectivity index is 1.90. The molecule has 2 rings (SSSR count). The molecule has 2 heterocycles. The number of hydrogen-bond acceptors (Lipinski definition) is 2. The predicted octanol–water partition coefficient (Wildman–Crippen LogP) is 2.09. The van der Waals surface area contributed by atoms with E-state index in [1.165, 1.54) is 11.4 Å². The van der Waals surface area contributed by atoms with Gasteiger partial charge in [-0.05, 0) is 32.0 Å². The van der Waals surface area contributed by atoms with E-state index in [0.29, 0.717) is 6.04 Å². The van der Waals surface area contributed by atoms with Gasteiger partial charge in [0, 0.05) is 44.3 Å². The van der Waals surface area contributed by atoms with Gasteiger partial charge in [-0.25, -0.2) is 0 Å². The van der Waals surface area contributed by atoms with Crippen molar-refractivity contribution in [2.75, 3.05) is 0 Å². The van der Waals surface area contributed by atoms with E-state index >= 15 is 0 Å². The topological polar surface area (TPSA) is 34.8 Å². The van der Waals surface area contributed by atoms with E-state index in [0.717, 1.165) is 13.1 Å². The Morgan fingerprint density at radius 1 is 1.24 bits per heavy atom. The minimum atomic E-state index is 0.414. The highest BCUT2D eigenvalue weighted by Crippen LogP contribution is 2.08. The summed E-state index contributed by atoms with van der Waals surface area (Å²) in [5.41, 5.74) is 2.52. The quantitative estimate of drug-likeness (QED) is 0.856. The molecular formula is C13H20N4. The van der Waals surface area contributed by atoms with Crippen LogP contribution >= 0.6 is 0 Å². The van der Waals surface area contributed by atoms with Crippen molar-refractivity contribution in [1.29, 1.82) is 0 Å². The van der Waals surface area contributed by atoms with Gasteiger partial charge in [0.2, 0.25) is 0 Å². The fourth-order valence-electron chi connectivity index (χ4n) is 1.95. The zero-order valence-corrected chi connectivity index (χ0v) is 10.7. The lowest BCUT2D eigenvalue weighted by Crippen LogP contribution is -2.18. The molecule has 0 atom stereocenters. The van der Waals surface area contributed by atoms with Crippen LogP contribution < -0.4 is 5.32 Å². The normalized spacial score (nSPS) is 11.3. The second kappa shape index (κ2) is 5.19. The Bertz CT molecular complexity index is 467. The third-order valence-corrected chi connectivity index (χ3v) is 2.90. The first-order valence-corrected chi connectivity index (χ1v) is 6.02. The molecule has 0 aromatic carbocycles. The highest BCUT2D eigenvalue weighted by atomic mass is 15.3. The van der Waals surface area contributed by atoms with Crippen LogP contribution in [0.4, 0.5) is 0 Å². The van der Waals surface area contributed by atoms with E-state index in [1.54, 1.807) is 0 Å². The second-order valence-corrected chi connectivity index (χ2v) is 4.57. The first-order valence-electron chi connectivity index (χ1n) is 6.02. The summed E-state index contributed by atoms with van der Waals surface area (Å²) in [4.78, 5) is 0. The van der Waals surface area contributed by atoms with E-state index in [2.05, 4.69) is 65.0 Å². The zero-order valence-electron chi connectivity index (χ0n) is 10.7. The molecule has 0 fully saturated rings. The summed E-state index contributed by atoms with van der Waals surface area (Å²) in [6, 6.07) is 6.68. The smallest absolute Gasteiger partial charge is 0.0525 e. The highest BCUT2D eigenvalue weighted by Gasteiger charge is 2.05. The maximum atomic E-state index is 4.32. The largest absolute Gasteiger partial charge is 0.353 e. The average Bonchev–Trinajstić information content (AvgIpc) is 2.88. The second-order valence-electron chi connectivity index (χ2n) is 4.57. The summed E-state index contributed by atoms with van der Waals surface area (Å²) in [6.07, 6.45) is 3.93. The van der Waals surface area contributed by atoms with Crippen molar-refractivity contribution in [2.24, 2.45) is 7.05 Å². The SMILES string of the molecule is CC(C)n1nccc1CNCc1cccn1C. The van der Waals surface area contributed by atoms with Crippen LogP contribution in [0.15, 0.2) is 30.6 Å². The number of aryl methyl sites for hydroxylation is 1. The summed E-state index contributed by atoms with van der Waals surface area (Å²) >= 11 is 0. The molecule has 0 aliphatic carbocycles. The van der Waals surface area contributed by atoms with Crippen molar-refractivity contribution >= 4 is 0 Å². The van der Waals surface area contributed by atoms with Gasteiger partial charge in [0.05, 0.1) is 5.69 Å². The Morgan fingerprint density at radius 3 is 2.65 bits per heavy atom.